The Morgan fingerprint density at radius 3 is 2.50 bits per heavy atom. The van der Waals surface area contributed by atoms with Crippen LogP contribution in [-0.4, -0.2) is 47.5 Å². The van der Waals surface area contributed by atoms with Crippen LogP contribution in [0.2, 0.25) is 0 Å². The molecule has 0 unspecified atom stereocenters. The van der Waals surface area contributed by atoms with Gasteiger partial charge in [0.05, 0.1) is 12.3 Å². The lowest BCUT2D eigenvalue weighted by molar-refractivity contribution is 0.0896. The summed E-state index contributed by atoms with van der Waals surface area (Å²) in [5, 5.41) is 2.68. The Kier molecular flexibility index (Phi) is 8.08. The van der Waals surface area contributed by atoms with Crippen LogP contribution in [0.4, 0.5) is 4.79 Å². The Labute approximate surface area is 163 Å². The summed E-state index contributed by atoms with van der Waals surface area (Å²) in [6, 6.07) is 12.0. The van der Waals surface area contributed by atoms with E-state index in [4.69, 9.17) is 4.42 Å². The molecule has 0 fully saturated rings. The number of urea groups is 1. The molecule has 140 valence electrons. The van der Waals surface area contributed by atoms with Gasteiger partial charge in [-0.15, -0.1) is 0 Å². The highest BCUT2D eigenvalue weighted by Crippen LogP contribution is 2.16. The Morgan fingerprint density at radius 2 is 1.81 bits per heavy atom. The average molecular weight is 394 g/mol. The van der Waals surface area contributed by atoms with E-state index < -0.39 is 11.9 Å². The van der Waals surface area contributed by atoms with Gasteiger partial charge >= 0.3 is 6.03 Å². The number of hydrogen-bond acceptors (Lipinski definition) is 6. The lowest BCUT2D eigenvalue weighted by Crippen LogP contribution is -2.38. The minimum atomic E-state index is -0.533. The molecule has 2 rings (SSSR count). The molecule has 0 bridgehead atoms. The number of benzene rings is 1. The highest BCUT2D eigenvalue weighted by molar-refractivity contribution is 7.98. The Morgan fingerprint density at radius 1 is 1.12 bits per heavy atom. The van der Waals surface area contributed by atoms with Crippen molar-refractivity contribution in [1.82, 2.24) is 14.5 Å². The monoisotopic (exact) mass is 393 g/mol. The number of carbonyl (C=O) groups is 2. The molecule has 1 aromatic carbocycles. The Balaban J connectivity index is 1.67. The zero-order chi connectivity index (χ0) is 18.9. The van der Waals surface area contributed by atoms with Crippen LogP contribution in [0.1, 0.15) is 21.9 Å². The third-order valence-corrected chi connectivity index (χ3v) is 4.71. The number of thioether (sulfide) groups is 1. The Bertz CT molecular complexity index is 719. The van der Waals surface area contributed by atoms with Gasteiger partial charge in [0.15, 0.2) is 0 Å². The van der Waals surface area contributed by atoms with Crippen molar-refractivity contribution < 1.29 is 14.0 Å². The minimum absolute atomic E-state index is 0.415. The van der Waals surface area contributed by atoms with E-state index in [0.29, 0.717) is 17.9 Å². The van der Waals surface area contributed by atoms with Gasteiger partial charge in [-0.05, 0) is 38.4 Å². The third-order valence-electron chi connectivity index (χ3n) is 3.36. The molecule has 0 aliphatic carbocycles. The van der Waals surface area contributed by atoms with E-state index in [1.54, 1.807) is 42.1 Å². The summed E-state index contributed by atoms with van der Waals surface area (Å²) in [5.41, 5.74) is 0.415. The molecule has 0 saturated heterocycles. The van der Waals surface area contributed by atoms with Crippen molar-refractivity contribution in [2.75, 3.05) is 26.4 Å². The summed E-state index contributed by atoms with van der Waals surface area (Å²) in [6.07, 6.45) is 0. The molecule has 0 aliphatic rings. The summed E-state index contributed by atoms with van der Waals surface area (Å²) < 4.78 is 6.52. The fourth-order valence-electron chi connectivity index (χ4n) is 2.17. The number of amides is 3. The first-order valence-corrected chi connectivity index (χ1v) is 9.69. The van der Waals surface area contributed by atoms with E-state index in [1.807, 2.05) is 31.1 Å². The molecule has 3 amide bonds. The highest BCUT2D eigenvalue weighted by atomic mass is 32.2. The number of hydrogen-bond donors (Lipinski definition) is 2. The largest absolute Gasteiger partial charge is 0.464 e. The van der Waals surface area contributed by atoms with E-state index in [1.165, 1.54) is 0 Å². The number of imide groups is 1. The molecule has 1 N–H and O–H groups in total. The molecular formula is C18H23N3O3S2. The van der Waals surface area contributed by atoms with Crippen molar-refractivity contribution in [3.63, 3.8) is 0 Å². The van der Waals surface area contributed by atoms with Crippen molar-refractivity contribution >= 4 is 36.5 Å². The summed E-state index contributed by atoms with van der Waals surface area (Å²) >= 11 is 5.64. The number of rotatable bonds is 8. The maximum Gasteiger partial charge on any atom is 0.334 e. The maximum absolute atomic E-state index is 12.1. The zero-order valence-electron chi connectivity index (χ0n) is 14.8. The number of furan rings is 1. The molecule has 6 nitrogen and oxygen atoms in total. The summed E-state index contributed by atoms with van der Waals surface area (Å²) in [5.74, 6) is 2.83. The van der Waals surface area contributed by atoms with Crippen LogP contribution in [0.25, 0.3) is 0 Å². The molecule has 26 heavy (non-hydrogen) atoms. The second-order valence-corrected chi connectivity index (χ2v) is 7.38. The third kappa shape index (κ3) is 6.44. The second kappa shape index (κ2) is 10.3. The van der Waals surface area contributed by atoms with Crippen molar-refractivity contribution in [3.8, 4) is 0 Å². The van der Waals surface area contributed by atoms with Crippen LogP contribution in [0.15, 0.2) is 46.9 Å². The standard InChI is InChI=1S/C18H23N3O3S2/c1-20(2)12-15-8-9-16(24-15)13-26-11-10-19-18(23)21(25)17(22)14-6-4-3-5-7-14/h3-9,25H,10-13H2,1-2H3,(H,19,23). The predicted octanol–water partition coefficient (Wildman–Crippen LogP) is 3.27. The molecular weight excluding hydrogens is 370 g/mol. The maximum atomic E-state index is 12.1. The van der Waals surface area contributed by atoms with E-state index in [2.05, 4.69) is 18.1 Å². The molecule has 8 heteroatoms. The number of nitrogens with one attached hydrogen (secondary N) is 1. The normalized spacial score (nSPS) is 10.8. The van der Waals surface area contributed by atoms with E-state index >= 15 is 0 Å². The number of thiol groups is 1. The topological polar surface area (TPSA) is 65.8 Å². The predicted molar refractivity (Wildman–Crippen MR) is 107 cm³/mol. The van der Waals surface area contributed by atoms with Gasteiger partial charge in [-0.2, -0.15) is 11.8 Å². The number of carbonyl (C=O) groups excluding carboxylic acids is 2. The van der Waals surface area contributed by atoms with Gasteiger partial charge in [-0.1, -0.05) is 31.0 Å². The van der Waals surface area contributed by atoms with Gasteiger partial charge in [-0.3, -0.25) is 4.79 Å². The van der Waals surface area contributed by atoms with Gasteiger partial charge in [0, 0.05) is 17.9 Å². The summed E-state index contributed by atoms with van der Waals surface area (Å²) in [4.78, 5) is 26.1. The molecule has 1 heterocycles. The minimum Gasteiger partial charge on any atom is -0.464 e. The van der Waals surface area contributed by atoms with E-state index in [0.717, 1.165) is 28.1 Å². The second-order valence-electron chi connectivity index (χ2n) is 5.87. The quantitative estimate of drug-likeness (QED) is 0.532. The van der Waals surface area contributed by atoms with Gasteiger partial charge in [0.25, 0.3) is 5.91 Å². The highest BCUT2D eigenvalue weighted by Gasteiger charge is 2.18. The van der Waals surface area contributed by atoms with E-state index in [9.17, 15) is 9.59 Å². The van der Waals surface area contributed by atoms with Crippen LogP contribution < -0.4 is 5.32 Å². The van der Waals surface area contributed by atoms with Crippen molar-refractivity contribution in [2.24, 2.45) is 0 Å². The Hall–Kier alpha value is -1.90. The van der Waals surface area contributed by atoms with Crippen LogP contribution in [0.5, 0.6) is 0 Å². The lowest BCUT2D eigenvalue weighted by atomic mass is 10.2. The van der Waals surface area contributed by atoms with Crippen molar-refractivity contribution in [1.29, 1.82) is 0 Å². The SMILES string of the molecule is CN(C)Cc1ccc(CSCCNC(=O)N(S)C(=O)c2ccccc2)o1. The fraction of sp³-hybridized carbons (Fsp3) is 0.333. The molecule has 0 radical (unpaired) electrons. The number of nitrogens with zero attached hydrogens (tertiary/aromatic N) is 2. The van der Waals surface area contributed by atoms with Crippen LogP contribution in [0.3, 0.4) is 0 Å². The first-order chi connectivity index (χ1) is 12.5. The molecule has 0 spiro atoms. The first-order valence-electron chi connectivity index (χ1n) is 8.13. The van der Waals surface area contributed by atoms with Gasteiger partial charge < -0.3 is 14.6 Å². The molecule has 0 saturated carbocycles. The van der Waals surface area contributed by atoms with Crippen LogP contribution in [-0.2, 0) is 12.3 Å². The van der Waals surface area contributed by atoms with E-state index in [-0.39, 0.29) is 0 Å². The van der Waals surface area contributed by atoms with Crippen molar-refractivity contribution in [2.45, 2.75) is 12.3 Å². The fourth-order valence-corrected chi connectivity index (χ4v) is 3.10. The van der Waals surface area contributed by atoms with Gasteiger partial charge in [0.2, 0.25) is 0 Å². The molecule has 1 aromatic heterocycles. The summed E-state index contributed by atoms with van der Waals surface area (Å²) in [7, 11) is 3.99. The van der Waals surface area contributed by atoms with Gasteiger partial charge in [-0.25, -0.2) is 9.10 Å². The molecule has 0 atom stereocenters. The zero-order valence-corrected chi connectivity index (χ0v) is 16.6. The molecule has 0 aliphatic heterocycles. The molecule has 2 aromatic rings. The van der Waals surface area contributed by atoms with Crippen molar-refractivity contribution in [3.05, 3.63) is 59.5 Å². The first kappa shape index (κ1) is 20.4. The smallest absolute Gasteiger partial charge is 0.334 e. The van der Waals surface area contributed by atoms with Crippen LogP contribution in [0, 0.1) is 0 Å². The van der Waals surface area contributed by atoms with Crippen LogP contribution >= 0.6 is 24.6 Å². The summed E-state index contributed by atoms with van der Waals surface area (Å²) in [6.45, 7) is 1.21. The lowest BCUT2D eigenvalue weighted by Gasteiger charge is -2.14. The average Bonchev–Trinajstić information content (AvgIpc) is 3.07. The van der Waals surface area contributed by atoms with Gasteiger partial charge in [0.1, 0.15) is 11.5 Å².